The number of rotatable bonds is 4. The van der Waals surface area contributed by atoms with Gasteiger partial charge in [-0.15, -0.1) is 0 Å². The summed E-state index contributed by atoms with van der Waals surface area (Å²) in [5.74, 6) is 0.357. The number of carbonyl (C=O) groups is 1. The Hall–Kier alpha value is -1.36. The van der Waals surface area contributed by atoms with E-state index in [4.69, 9.17) is 0 Å². The molecule has 1 amide bonds. The number of hydrogen-bond donors (Lipinski definition) is 2. The van der Waals surface area contributed by atoms with Gasteiger partial charge >= 0.3 is 0 Å². The molecule has 0 aromatic carbocycles. The van der Waals surface area contributed by atoms with Crippen LogP contribution in [0.2, 0.25) is 0 Å². The van der Waals surface area contributed by atoms with Crippen LogP contribution in [0.25, 0.3) is 0 Å². The van der Waals surface area contributed by atoms with Crippen molar-refractivity contribution >= 4 is 5.91 Å². The molecule has 2 rings (SSSR count). The summed E-state index contributed by atoms with van der Waals surface area (Å²) in [6, 6.07) is 0. The number of hydrogen-bond acceptors (Lipinski definition) is 3. The van der Waals surface area contributed by atoms with E-state index >= 15 is 0 Å². The summed E-state index contributed by atoms with van der Waals surface area (Å²) < 4.78 is 1.81. The molecule has 0 saturated carbocycles. The third-order valence-corrected chi connectivity index (χ3v) is 3.49. The van der Waals surface area contributed by atoms with Crippen molar-refractivity contribution in [2.45, 2.75) is 32.7 Å². The molecular formula is C13H22N4O. The highest BCUT2D eigenvalue weighted by atomic mass is 16.1. The molecular weight excluding hydrogens is 228 g/mol. The Kier molecular flexibility index (Phi) is 4.36. The van der Waals surface area contributed by atoms with Gasteiger partial charge in [-0.1, -0.05) is 6.92 Å². The molecule has 18 heavy (non-hydrogen) atoms. The first-order chi connectivity index (χ1) is 8.70. The maximum atomic E-state index is 12.0. The first-order valence-electron chi connectivity index (χ1n) is 6.70. The normalized spacial score (nSPS) is 16.8. The Morgan fingerprint density at radius 1 is 1.56 bits per heavy atom. The summed E-state index contributed by atoms with van der Waals surface area (Å²) in [5.41, 5.74) is 2.20. The van der Waals surface area contributed by atoms with E-state index in [2.05, 4.69) is 22.7 Å². The summed E-state index contributed by atoms with van der Waals surface area (Å²) in [6.45, 7) is 4.58. The zero-order chi connectivity index (χ0) is 13.0. The highest BCUT2D eigenvalue weighted by Gasteiger charge is 2.20. The molecule has 1 aliphatic rings. The summed E-state index contributed by atoms with van der Waals surface area (Å²) >= 11 is 0. The average Bonchev–Trinajstić information content (AvgIpc) is 2.77. The minimum Gasteiger partial charge on any atom is -0.352 e. The van der Waals surface area contributed by atoms with Gasteiger partial charge in [0.05, 0.1) is 5.69 Å². The summed E-state index contributed by atoms with van der Waals surface area (Å²) in [7, 11) is 1.91. The van der Waals surface area contributed by atoms with Gasteiger partial charge in [-0.2, -0.15) is 5.10 Å². The number of amides is 1. The average molecular weight is 250 g/mol. The number of nitrogens with one attached hydrogen (secondary N) is 2. The maximum Gasteiger partial charge on any atom is 0.223 e. The van der Waals surface area contributed by atoms with Gasteiger partial charge in [-0.05, 0) is 32.4 Å². The van der Waals surface area contributed by atoms with Gasteiger partial charge < -0.3 is 10.6 Å². The molecule has 1 aromatic rings. The van der Waals surface area contributed by atoms with Crippen LogP contribution < -0.4 is 10.6 Å². The lowest BCUT2D eigenvalue weighted by Crippen LogP contribution is -2.37. The molecule has 1 aromatic heterocycles. The smallest absolute Gasteiger partial charge is 0.223 e. The minimum absolute atomic E-state index is 0.174. The van der Waals surface area contributed by atoms with E-state index in [9.17, 15) is 4.79 Å². The molecule has 0 aliphatic carbocycles. The van der Waals surface area contributed by atoms with E-state index in [0.717, 1.165) is 43.6 Å². The number of nitrogens with zero attached hydrogens (tertiary/aromatic N) is 2. The fourth-order valence-corrected chi connectivity index (χ4v) is 2.44. The van der Waals surface area contributed by atoms with E-state index in [1.807, 2.05) is 17.9 Å². The summed E-state index contributed by atoms with van der Waals surface area (Å²) in [6.07, 6.45) is 4.78. The van der Waals surface area contributed by atoms with Crippen LogP contribution in [0.4, 0.5) is 0 Å². The molecule has 0 spiro atoms. The second kappa shape index (κ2) is 6.00. The van der Waals surface area contributed by atoms with Gasteiger partial charge in [0, 0.05) is 31.3 Å². The van der Waals surface area contributed by atoms with Crippen molar-refractivity contribution in [3.63, 3.8) is 0 Å². The molecule has 0 atom stereocenters. The lowest BCUT2D eigenvalue weighted by atomic mass is 9.97. The molecule has 100 valence electrons. The van der Waals surface area contributed by atoms with Crippen LogP contribution in [0.1, 0.15) is 31.0 Å². The van der Waals surface area contributed by atoms with Crippen LogP contribution in [0.5, 0.6) is 0 Å². The SMILES string of the molecule is CCc1nn(C)cc1CNC(=O)C1CCNCC1. The van der Waals surface area contributed by atoms with E-state index in [1.165, 1.54) is 0 Å². The monoisotopic (exact) mass is 250 g/mol. The van der Waals surface area contributed by atoms with Crippen molar-refractivity contribution in [1.82, 2.24) is 20.4 Å². The predicted octanol–water partition coefficient (Wildman–Crippen LogP) is 0.598. The Bertz CT molecular complexity index is 407. The fraction of sp³-hybridized carbons (Fsp3) is 0.692. The molecule has 0 bridgehead atoms. The molecule has 1 aliphatic heterocycles. The quantitative estimate of drug-likeness (QED) is 0.822. The third kappa shape index (κ3) is 3.10. The van der Waals surface area contributed by atoms with Crippen LogP contribution in [-0.4, -0.2) is 28.8 Å². The van der Waals surface area contributed by atoms with E-state index < -0.39 is 0 Å². The summed E-state index contributed by atoms with van der Waals surface area (Å²) in [5, 5.41) is 10.7. The van der Waals surface area contributed by atoms with Crippen molar-refractivity contribution in [1.29, 1.82) is 0 Å². The van der Waals surface area contributed by atoms with Crippen LogP contribution in [-0.2, 0) is 24.8 Å². The van der Waals surface area contributed by atoms with Gasteiger partial charge in [-0.3, -0.25) is 9.48 Å². The standard InChI is InChI=1S/C13H22N4O/c1-3-12-11(9-17(2)16-12)8-15-13(18)10-4-6-14-7-5-10/h9-10,14H,3-8H2,1-2H3,(H,15,18). The number of piperidine rings is 1. The zero-order valence-electron chi connectivity index (χ0n) is 11.2. The van der Waals surface area contributed by atoms with Gasteiger partial charge in [0.2, 0.25) is 5.91 Å². The first-order valence-corrected chi connectivity index (χ1v) is 6.70. The molecule has 5 nitrogen and oxygen atoms in total. The van der Waals surface area contributed by atoms with E-state index in [0.29, 0.717) is 6.54 Å². The highest BCUT2D eigenvalue weighted by Crippen LogP contribution is 2.12. The maximum absolute atomic E-state index is 12.0. The van der Waals surface area contributed by atoms with Crippen LogP contribution in [0, 0.1) is 5.92 Å². The lowest BCUT2D eigenvalue weighted by Gasteiger charge is -2.21. The van der Waals surface area contributed by atoms with Crippen molar-refractivity contribution in [2.24, 2.45) is 13.0 Å². The van der Waals surface area contributed by atoms with Crippen molar-refractivity contribution in [3.8, 4) is 0 Å². The topological polar surface area (TPSA) is 59.0 Å². The van der Waals surface area contributed by atoms with Crippen LogP contribution in [0.3, 0.4) is 0 Å². The minimum atomic E-state index is 0.174. The van der Waals surface area contributed by atoms with Crippen molar-refractivity contribution in [3.05, 3.63) is 17.5 Å². The Balaban J connectivity index is 1.88. The second-order valence-electron chi connectivity index (χ2n) is 4.87. The largest absolute Gasteiger partial charge is 0.352 e. The molecule has 5 heteroatoms. The molecule has 0 radical (unpaired) electrons. The van der Waals surface area contributed by atoms with E-state index in [1.54, 1.807) is 0 Å². The number of aryl methyl sites for hydroxylation is 2. The molecule has 2 heterocycles. The highest BCUT2D eigenvalue weighted by molar-refractivity contribution is 5.78. The first kappa shape index (κ1) is 13.1. The zero-order valence-corrected chi connectivity index (χ0v) is 11.2. The fourth-order valence-electron chi connectivity index (χ4n) is 2.44. The van der Waals surface area contributed by atoms with Crippen LogP contribution >= 0.6 is 0 Å². The molecule has 1 fully saturated rings. The third-order valence-electron chi connectivity index (χ3n) is 3.49. The van der Waals surface area contributed by atoms with Gasteiger partial charge in [-0.25, -0.2) is 0 Å². The van der Waals surface area contributed by atoms with Gasteiger partial charge in [0.15, 0.2) is 0 Å². The molecule has 0 unspecified atom stereocenters. The van der Waals surface area contributed by atoms with Crippen molar-refractivity contribution < 1.29 is 4.79 Å². The second-order valence-corrected chi connectivity index (χ2v) is 4.87. The number of carbonyl (C=O) groups excluding carboxylic acids is 1. The van der Waals surface area contributed by atoms with Gasteiger partial charge in [0.25, 0.3) is 0 Å². The number of aromatic nitrogens is 2. The van der Waals surface area contributed by atoms with Gasteiger partial charge in [0.1, 0.15) is 0 Å². The lowest BCUT2D eigenvalue weighted by molar-refractivity contribution is -0.125. The Labute approximate surface area is 108 Å². The molecule has 2 N–H and O–H groups in total. The van der Waals surface area contributed by atoms with Crippen LogP contribution in [0.15, 0.2) is 6.20 Å². The van der Waals surface area contributed by atoms with Crippen molar-refractivity contribution in [2.75, 3.05) is 13.1 Å². The van der Waals surface area contributed by atoms with E-state index in [-0.39, 0.29) is 11.8 Å². The Morgan fingerprint density at radius 3 is 2.94 bits per heavy atom. The summed E-state index contributed by atoms with van der Waals surface area (Å²) in [4.78, 5) is 12.0. The Morgan fingerprint density at radius 2 is 2.28 bits per heavy atom. The molecule has 1 saturated heterocycles. The predicted molar refractivity (Wildman–Crippen MR) is 70.0 cm³/mol.